The Morgan fingerprint density at radius 3 is 2.42 bits per heavy atom. The lowest BCUT2D eigenvalue weighted by atomic mass is 10.1. The molecule has 0 aliphatic rings. The van der Waals surface area contributed by atoms with E-state index in [0.29, 0.717) is 22.5 Å². The molecule has 0 fully saturated rings. The molecule has 0 bridgehead atoms. The molecule has 6 nitrogen and oxygen atoms in total. The summed E-state index contributed by atoms with van der Waals surface area (Å²) in [6.45, 7) is 0. The van der Waals surface area contributed by atoms with Gasteiger partial charge in [-0.2, -0.15) is 5.26 Å². The van der Waals surface area contributed by atoms with Gasteiger partial charge in [0.25, 0.3) is 11.8 Å². The molecule has 0 saturated heterocycles. The van der Waals surface area contributed by atoms with Crippen LogP contribution in [0.15, 0.2) is 65.3 Å². The summed E-state index contributed by atoms with van der Waals surface area (Å²) in [6, 6.07) is 16.2. The first kappa shape index (κ1) is 17.3. The van der Waals surface area contributed by atoms with Crippen LogP contribution in [0.2, 0.25) is 5.02 Å². The van der Waals surface area contributed by atoms with E-state index in [0.717, 1.165) is 0 Å². The van der Waals surface area contributed by atoms with E-state index in [4.69, 9.17) is 21.3 Å². The Labute approximate surface area is 154 Å². The number of halogens is 1. The summed E-state index contributed by atoms with van der Waals surface area (Å²) in [5.74, 6) is -0.613. The SMILES string of the molecule is N#Cc1ccc(NC(=O)c2cccc(NC(=O)c3ccco3)c2)cc1Cl. The third kappa shape index (κ3) is 3.91. The maximum atomic E-state index is 12.4. The van der Waals surface area contributed by atoms with Crippen LogP contribution in [0.5, 0.6) is 0 Å². The van der Waals surface area contributed by atoms with Crippen LogP contribution in [0, 0.1) is 11.3 Å². The van der Waals surface area contributed by atoms with Gasteiger partial charge in [0.05, 0.1) is 16.8 Å². The number of carbonyl (C=O) groups is 2. The van der Waals surface area contributed by atoms with Gasteiger partial charge >= 0.3 is 0 Å². The van der Waals surface area contributed by atoms with E-state index >= 15 is 0 Å². The summed E-state index contributed by atoms with van der Waals surface area (Å²) in [5, 5.41) is 14.5. The van der Waals surface area contributed by atoms with Gasteiger partial charge < -0.3 is 15.1 Å². The minimum Gasteiger partial charge on any atom is -0.459 e. The Balaban J connectivity index is 1.73. The number of nitrogens with one attached hydrogen (secondary N) is 2. The second-order valence-electron chi connectivity index (χ2n) is 5.27. The largest absolute Gasteiger partial charge is 0.459 e. The number of furan rings is 1. The zero-order valence-electron chi connectivity index (χ0n) is 13.3. The quantitative estimate of drug-likeness (QED) is 0.720. The number of carbonyl (C=O) groups excluding carboxylic acids is 2. The van der Waals surface area contributed by atoms with Crippen LogP contribution in [0.4, 0.5) is 11.4 Å². The predicted molar refractivity (Wildman–Crippen MR) is 97.2 cm³/mol. The van der Waals surface area contributed by atoms with Crippen molar-refractivity contribution < 1.29 is 14.0 Å². The molecule has 1 aromatic heterocycles. The number of nitriles is 1. The Morgan fingerprint density at radius 2 is 1.73 bits per heavy atom. The monoisotopic (exact) mass is 365 g/mol. The van der Waals surface area contributed by atoms with Gasteiger partial charge in [-0.1, -0.05) is 17.7 Å². The first-order chi connectivity index (χ1) is 12.6. The Bertz CT molecular complexity index is 1010. The van der Waals surface area contributed by atoms with Crippen LogP contribution in [-0.4, -0.2) is 11.8 Å². The molecule has 3 aromatic rings. The molecule has 2 N–H and O–H groups in total. The molecule has 0 saturated carbocycles. The van der Waals surface area contributed by atoms with Crippen LogP contribution in [0.25, 0.3) is 0 Å². The van der Waals surface area contributed by atoms with Crippen molar-refractivity contribution in [2.75, 3.05) is 10.6 Å². The topological polar surface area (TPSA) is 95.1 Å². The minimum atomic E-state index is -0.411. The van der Waals surface area contributed by atoms with Crippen LogP contribution in [-0.2, 0) is 0 Å². The van der Waals surface area contributed by atoms with Crippen molar-refractivity contribution in [3.05, 3.63) is 82.8 Å². The number of hydrogen-bond acceptors (Lipinski definition) is 4. The zero-order chi connectivity index (χ0) is 18.5. The van der Waals surface area contributed by atoms with E-state index in [1.165, 1.54) is 18.4 Å². The lowest BCUT2D eigenvalue weighted by Crippen LogP contribution is -2.14. The number of amides is 2. The van der Waals surface area contributed by atoms with Crippen molar-refractivity contribution in [2.45, 2.75) is 0 Å². The molecule has 0 radical (unpaired) electrons. The molecule has 1 heterocycles. The highest BCUT2D eigenvalue weighted by Gasteiger charge is 2.12. The maximum Gasteiger partial charge on any atom is 0.291 e. The summed E-state index contributed by atoms with van der Waals surface area (Å²) < 4.78 is 5.03. The predicted octanol–water partition coefficient (Wildman–Crippen LogP) is 4.31. The Hall–Kier alpha value is -3.56. The minimum absolute atomic E-state index is 0.173. The van der Waals surface area contributed by atoms with Gasteiger partial charge in [-0.05, 0) is 48.5 Å². The Morgan fingerprint density at radius 1 is 0.962 bits per heavy atom. The van der Waals surface area contributed by atoms with Gasteiger partial charge in [-0.3, -0.25) is 9.59 Å². The van der Waals surface area contributed by atoms with Gasteiger partial charge in [-0.15, -0.1) is 0 Å². The molecule has 2 aromatic carbocycles. The summed E-state index contributed by atoms with van der Waals surface area (Å²) >= 11 is 5.96. The van der Waals surface area contributed by atoms with Gasteiger partial charge in [0.15, 0.2) is 5.76 Å². The van der Waals surface area contributed by atoms with E-state index in [-0.39, 0.29) is 16.7 Å². The average Bonchev–Trinajstić information content (AvgIpc) is 3.17. The second kappa shape index (κ2) is 7.55. The maximum absolute atomic E-state index is 12.4. The molecule has 0 spiro atoms. The van der Waals surface area contributed by atoms with Crippen molar-refractivity contribution in [3.63, 3.8) is 0 Å². The third-order valence-corrected chi connectivity index (χ3v) is 3.79. The fourth-order valence-corrected chi connectivity index (χ4v) is 2.45. The fourth-order valence-electron chi connectivity index (χ4n) is 2.23. The van der Waals surface area contributed by atoms with Crippen LogP contribution < -0.4 is 10.6 Å². The van der Waals surface area contributed by atoms with E-state index in [2.05, 4.69) is 10.6 Å². The molecule has 128 valence electrons. The standard InChI is InChI=1S/C19H12ClN3O3/c20-16-10-15(7-6-13(16)11-21)22-18(24)12-3-1-4-14(9-12)23-19(25)17-5-2-8-26-17/h1-10H,(H,22,24)(H,23,25). The molecule has 26 heavy (non-hydrogen) atoms. The zero-order valence-corrected chi connectivity index (χ0v) is 14.1. The summed E-state index contributed by atoms with van der Waals surface area (Å²) in [7, 11) is 0. The van der Waals surface area contributed by atoms with Crippen molar-refractivity contribution in [1.82, 2.24) is 0 Å². The van der Waals surface area contributed by atoms with Crippen molar-refractivity contribution in [1.29, 1.82) is 5.26 Å². The number of rotatable bonds is 4. The lowest BCUT2D eigenvalue weighted by molar-refractivity contribution is 0.0993. The fraction of sp³-hybridized carbons (Fsp3) is 0. The highest BCUT2D eigenvalue weighted by atomic mass is 35.5. The van der Waals surface area contributed by atoms with Crippen molar-refractivity contribution in [2.24, 2.45) is 0 Å². The average molecular weight is 366 g/mol. The van der Waals surface area contributed by atoms with Crippen molar-refractivity contribution >= 4 is 34.8 Å². The third-order valence-electron chi connectivity index (χ3n) is 3.48. The number of anilines is 2. The molecular formula is C19H12ClN3O3. The van der Waals surface area contributed by atoms with Gasteiger partial charge in [0, 0.05) is 16.9 Å². The number of benzene rings is 2. The lowest BCUT2D eigenvalue weighted by Gasteiger charge is -2.08. The summed E-state index contributed by atoms with van der Waals surface area (Å²) in [4.78, 5) is 24.4. The highest BCUT2D eigenvalue weighted by molar-refractivity contribution is 6.32. The molecular weight excluding hydrogens is 354 g/mol. The molecule has 0 aliphatic carbocycles. The van der Waals surface area contributed by atoms with Gasteiger partial charge in [0.1, 0.15) is 6.07 Å². The number of nitrogens with zero attached hydrogens (tertiary/aromatic N) is 1. The molecule has 0 unspecified atom stereocenters. The number of hydrogen-bond donors (Lipinski definition) is 2. The van der Waals surface area contributed by atoms with E-state index < -0.39 is 5.91 Å². The van der Waals surface area contributed by atoms with Gasteiger partial charge in [0.2, 0.25) is 0 Å². The van der Waals surface area contributed by atoms with Gasteiger partial charge in [-0.25, -0.2) is 0 Å². The summed E-state index contributed by atoms with van der Waals surface area (Å²) in [5.41, 5.74) is 1.59. The Kier molecular flexibility index (Phi) is 5.02. The summed E-state index contributed by atoms with van der Waals surface area (Å²) in [6.07, 6.45) is 1.40. The van der Waals surface area contributed by atoms with E-state index in [1.807, 2.05) is 6.07 Å². The molecule has 0 aliphatic heterocycles. The first-order valence-corrected chi connectivity index (χ1v) is 7.90. The normalized spacial score (nSPS) is 10.0. The molecule has 0 atom stereocenters. The molecule has 2 amide bonds. The smallest absolute Gasteiger partial charge is 0.291 e. The van der Waals surface area contributed by atoms with Crippen LogP contribution >= 0.6 is 11.6 Å². The van der Waals surface area contributed by atoms with E-state index in [9.17, 15) is 9.59 Å². The highest BCUT2D eigenvalue weighted by Crippen LogP contribution is 2.21. The molecule has 7 heteroatoms. The van der Waals surface area contributed by atoms with E-state index in [1.54, 1.807) is 42.5 Å². The molecule has 3 rings (SSSR count). The van der Waals surface area contributed by atoms with Crippen LogP contribution in [0.3, 0.4) is 0 Å². The van der Waals surface area contributed by atoms with Crippen molar-refractivity contribution in [3.8, 4) is 6.07 Å². The first-order valence-electron chi connectivity index (χ1n) is 7.53. The van der Waals surface area contributed by atoms with Crippen LogP contribution in [0.1, 0.15) is 26.5 Å². The second-order valence-corrected chi connectivity index (χ2v) is 5.68.